The standard InChI is InChI=1S/C13H15F3N2O/c1-9(2)19-11-5-3-4-10(6-11)12(7-17)18-8-13(14,15)16/h3-6,9,12,18H,8H2,1-2H3. The molecule has 0 aromatic heterocycles. The van der Waals surface area contributed by atoms with Gasteiger partial charge in [0.2, 0.25) is 0 Å². The van der Waals surface area contributed by atoms with Crippen LogP contribution < -0.4 is 10.1 Å². The van der Waals surface area contributed by atoms with Crippen LogP contribution in [0.1, 0.15) is 25.5 Å². The molecule has 6 heteroatoms. The predicted octanol–water partition coefficient (Wildman–Crippen LogP) is 3.19. The third-order valence-electron chi connectivity index (χ3n) is 2.20. The van der Waals surface area contributed by atoms with Crippen molar-refractivity contribution in [2.45, 2.75) is 32.2 Å². The van der Waals surface area contributed by atoms with Crippen LogP contribution in [0.3, 0.4) is 0 Å². The number of hydrogen-bond acceptors (Lipinski definition) is 3. The van der Waals surface area contributed by atoms with Crippen LogP contribution >= 0.6 is 0 Å². The topological polar surface area (TPSA) is 45.0 Å². The maximum absolute atomic E-state index is 12.1. The van der Waals surface area contributed by atoms with Crippen molar-refractivity contribution in [2.75, 3.05) is 6.54 Å². The van der Waals surface area contributed by atoms with Crippen LogP contribution in [0.4, 0.5) is 13.2 Å². The van der Waals surface area contributed by atoms with Crippen molar-refractivity contribution in [3.8, 4) is 11.8 Å². The van der Waals surface area contributed by atoms with Gasteiger partial charge in [-0.1, -0.05) is 12.1 Å². The summed E-state index contributed by atoms with van der Waals surface area (Å²) in [6.07, 6.45) is -4.39. The SMILES string of the molecule is CC(C)Oc1cccc(C(C#N)NCC(F)(F)F)c1. The Kier molecular flexibility index (Phi) is 5.19. The van der Waals surface area contributed by atoms with Crippen molar-refractivity contribution in [1.29, 1.82) is 5.26 Å². The third-order valence-corrected chi connectivity index (χ3v) is 2.20. The minimum atomic E-state index is -4.35. The number of nitrogens with one attached hydrogen (secondary N) is 1. The molecule has 0 heterocycles. The molecule has 0 aliphatic rings. The Bertz CT molecular complexity index is 452. The molecular formula is C13H15F3N2O. The molecule has 0 aliphatic heterocycles. The fraction of sp³-hybridized carbons (Fsp3) is 0.462. The van der Waals surface area contributed by atoms with Crippen molar-refractivity contribution in [1.82, 2.24) is 5.32 Å². The number of rotatable bonds is 5. The Morgan fingerprint density at radius 1 is 1.37 bits per heavy atom. The Labute approximate surface area is 110 Å². The molecule has 1 rings (SSSR count). The fourth-order valence-electron chi connectivity index (χ4n) is 1.50. The highest BCUT2D eigenvalue weighted by atomic mass is 19.4. The summed E-state index contributed by atoms with van der Waals surface area (Å²) in [5.41, 5.74) is 0.449. The number of alkyl halides is 3. The Morgan fingerprint density at radius 2 is 2.05 bits per heavy atom. The first-order chi connectivity index (χ1) is 8.81. The molecule has 3 nitrogen and oxygen atoms in total. The summed E-state index contributed by atoms with van der Waals surface area (Å²) in [6.45, 7) is 2.48. The zero-order valence-corrected chi connectivity index (χ0v) is 10.7. The first kappa shape index (κ1) is 15.3. The number of halogens is 3. The highest BCUT2D eigenvalue weighted by molar-refractivity contribution is 5.33. The van der Waals surface area contributed by atoms with E-state index in [9.17, 15) is 13.2 Å². The van der Waals surface area contributed by atoms with Gasteiger partial charge in [0.1, 0.15) is 11.8 Å². The average Bonchev–Trinajstić information content (AvgIpc) is 2.28. The number of nitriles is 1. The molecule has 1 aromatic rings. The third kappa shape index (κ3) is 5.62. The summed E-state index contributed by atoms with van der Waals surface area (Å²) in [4.78, 5) is 0. The van der Waals surface area contributed by atoms with Gasteiger partial charge in [0.25, 0.3) is 0 Å². The molecule has 0 bridgehead atoms. The van der Waals surface area contributed by atoms with Gasteiger partial charge in [-0.05, 0) is 31.5 Å². The van der Waals surface area contributed by atoms with Crippen molar-refractivity contribution in [3.63, 3.8) is 0 Å². The summed E-state index contributed by atoms with van der Waals surface area (Å²) < 4.78 is 41.8. The molecule has 0 radical (unpaired) electrons. The van der Waals surface area contributed by atoms with E-state index in [1.165, 1.54) is 0 Å². The lowest BCUT2D eigenvalue weighted by Gasteiger charge is -2.15. The first-order valence-corrected chi connectivity index (χ1v) is 5.78. The van der Waals surface area contributed by atoms with E-state index in [4.69, 9.17) is 10.00 Å². The van der Waals surface area contributed by atoms with E-state index >= 15 is 0 Å². The fourth-order valence-corrected chi connectivity index (χ4v) is 1.50. The lowest BCUT2D eigenvalue weighted by atomic mass is 10.1. The summed E-state index contributed by atoms with van der Waals surface area (Å²) in [5, 5.41) is 11.1. The first-order valence-electron chi connectivity index (χ1n) is 5.78. The second-order valence-electron chi connectivity index (χ2n) is 4.30. The number of nitrogens with zero attached hydrogens (tertiary/aromatic N) is 1. The van der Waals surface area contributed by atoms with Gasteiger partial charge in [0, 0.05) is 0 Å². The number of hydrogen-bond donors (Lipinski definition) is 1. The molecule has 19 heavy (non-hydrogen) atoms. The largest absolute Gasteiger partial charge is 0.491 e. The van der Waals surface area contributed by atoms with Gasteiger partial charge in [0.15, 0.2) is 0 Å². The second kappa shape index (κ2) is 6.43. The van der Waals surface area contributed by atoms with E-state index in [0.717, 1.165) is 0 Å². The minimum absolute atomic E-state index is 0.0427. The molecule has 1 atom stereocenters. The number of ether oxygens (including phenoxy) is 1. The maximum Gasteiger partial charge on any atom is 0.401 e. The smallest absolute Gasteiger partial charge is 0.401 e. The van der Waals surface area contributed by atoms with Crippen LogP contribution in [-0.4, -0.2) is 18.8 Å². The summed E-state index contributed by atoms with van der Waals surface area (Å²) in [7, 11) is 0. The molecule has 0 aliphatic carbocycles. The van der Waals surface area contributed by atoms with E-state index in [-0.39, 0.29) is 6.10 Å². The summed E-state index contributed by atoms with van der Waals surface area (Å²) in [5.74, 6) is 0.529. The van der Waals surface area contributed by atoms with Gasteiger partial charge in [0.05, 0.1) is 18.7 Å². The normalized spacial score (nSPS) is 13.1. The van der Waals surface area contributed by atoms with Crippen molar-refractivity contribution in [3.05, 3.63) is 29.8 Å². The molecule has 1 N–H and O–H groups in total. The van der Waals surface area contributed by atoms with Gasteiger partial charge in [-0.25, -0.2) is 0 Å². The van der Waals surface area contributed by atoms with Gasteiger partial charge in [-0.3, -0.25) is 5.32 Å². The molecule has 0 amide bonds. The lowest BCUT2D eigenvalue weighted by Crippen LogP contribution is -2.31. The highest BCUT2D eigenvalue weighted by Crippen LogP contribution is 2.21. The molecule has 0 saturated carbocycles. The van der Waals surface area contributed by atoms with Gasteiger partial charge in [-0.2, -0.15) is 18.4 Å². The van der Waals surface area contributed by atoms with Crippen LogP contribution in [-0.2, 0) is 0 Å². The molecule has 1 aromatic carbocycles. The maximum atomic E-state index is 12.1. The second-order valence-corrected chi connectivity index (χ2v) is 4.30. The van der Waals surface area contributed by atoms with Crippen molar-refractivity contribution < 1.29 is 17.9 Å². The summed E-state index contributed by atoms with van der Waals surface area (Å²) >= 11 is 0. The monoisotopic (exact) mass is 272 g/mol. The van der Waals surface area contributed by atoms with E-state index in [0.29, 0.717) is 11.3 Å². The molecular weight excluding hydrogens is 257 g/mol. The molecule has 0 fully saturated rings. The highest BCUT2D eigenvalue weighted by Gasteiger charge is 2.28. The molecule has 0 spiro atoms. The quantitative estimate of drug-likeness (QED) is 0.895. The van der Waals surface area contributed by atoms with Crippen molar-refractivity contribution in [2.24, 2.45) is 0 Å². The average molecular weight is 272 g/mol. The van der Waals surface area contributed by atoms with E-state index < -0.39 is 18.8 Å². The summed E-state index contributed by atoms with van der Waals surface area (Å²) in [6, 6.07) is 7.28. The van der Waals surface area contributed by atoms with Crippen molar-refractivity contribution >= 4 is 0 Å². The Morgan fingerprint density at radius 3 is 2.58 bits per heavy atom. The van der Waals surface area contributed by atoms with Gasteiger partial charge >= 0.3 is 6.18 Å². The Balaban J connectivity index is 2.79. The predicted molar refractivity (Wildman–Crippen MR) is 64.6 cm³/mol. The van der Waals surface area contributed by atoms with Gasteiger partial charge in [-0.15, -0.1) is 0 Å². The zero-order chi connectivity index (χ0) is 14.5. The molecule has 104 valence electrons. The Hall–Kier alpha value is -1.74. The zero-order valence-electron chi connectivity index (χ0n) is 10.7. The number of benzene rings is 1. The van der Waals surface area contributed by atoms with Crippen LogP contribution in [0.5, 0.6) is 5.75 Å². The molecule has 0 saturated heterocycles. The van der Waals surface area contributed by atoms with Crippen LogP contribution in [0, 0.1) is 11.3 Å². The van der Waals surface area contributed by atoms with E-state index in [1.807, 2.05) is 13.8 Å². The van der Waals surface area contributed by atoms with E-state index in [2.05, 4.69) is 5.32 Å². The van der Waals surface area contributed by atoms with Gasteiger partial charge < -0.3 is 4.74 Å². The lowest BCUT2D eigenvalue weighted by molar-refractivity contribution is -0.125. The van der Waals surface area contributed by atoms with Crippen LogP contribution in [0.15, 0.2) is 24.3 Å². The van der Waals surface area contributed by atoms with Crippen LogP contribution in [0.2, 0.25) is 0 Å². The van der Waals surface area contributed by atoms with E-state index in [1.54, 1.807) is 30.3 Å². The van der Waals surface area contributed by atoms with Crippen LogP contribution in [0.25, 0.3) is 0 Å². The molecule has 1 unspecified atom stereocenters. The minimum Gasteiger partial charge on any atom is -0.491 e.